The van der Waals surface area contributed by atoms with E-state index >= 15 is 0 Å². The average Bonchev–Trinajstić information content (AvgIpc) is 1.88. The van der Waals surface area contributed by atoms with Gasteiger partial charge in [0.2, 0.25) is 0 Å². The quantitative estimate of drug-likeness (QED) is 0.606. The molecule has 0 aromatic heterocycles. The lowest BCUT2D eigenvalue weighted by Crippen LogP contribution is -2.28. The molecule has 2 fully saturated rings. The van der Waals surface area contributed by atoms with Crippen molar-refractivity contribution in [3.63, 3.8) is 0 Å². The monoisotopic (exact) mass is 179 g/mol. The maximum absolute atomic E-state index is 2.40. The molecule has 75 valence electrons. The summed E-state index contributed by atoms with van der Waals surface area (Å²) in [6, 6.07) is 0. The topological polar surface area (TPSA) is 0 Å². The van der Waals surface area contributed by atoms with Crippen LogP contribution in [0.5, 0.6) is 0 Å². The Kier molecular flexibility index (Phi) is 2.96. The van der Waals surface area contributed by atoms with Crippen molar-refractivity contribution in [1.29, 1.82) is 0 Å². The Morgan fingerprint density at radius 1 is 1.08 bits per heavy atom. The van der Waals surface area contributed by atoms with Crippen LogP contribution in [0, 0.1) is 23.7 Å². The molecule has 0 N–H and O–H groups in total. The van der Waals surface area contributed by atoms with Gasteiger partial charge in [-0.2, -0.15) is 0 Å². The van der Waals surface area contributed by atoms with E-state index in [0.717, 1.165) is 17.8 Å². The Morgan fingerprint density at radius 2 is 1.69 bits per heavy atom. The molecule has 1 radical (unpaired) electrons. The van der Waals surface area contributed by atoms with Gasteiger partial charge in [-0.15, -0.1) is 0 Å². The first kappa shape index (κ1) is 9.55. The Labute approximate surface area is 83.1 Å². The van der Waals surface area contributed by atoms with Crippen molar-refractivity contribution >= 4 is 0 Å². The number of hydrogen-bond acceptors (Lipinski definition) is 0. The number of hydrogen-bond donors (Lipinski definition) is 0. The van der Waals surface area contributed by atoms with Crippen LogP contribution in [0.3, 0.4) is 0 Å². The first-order valence-corrected chi connectivity index (χ1v) is 6.13. The van der Waals surface area contributed by atoms with Crippen LogP contribution in [0.2, 0.25) is 0 Å². The zero-order valence-corrected chi connectivity index (χ0v) is 9.18. The maximum Gasteiger partial charge on any atom is -0.0182 e. The molecule has 2 saturated carbocycles. The highest BCUT2D eigenvalue weighted by Crippen LogP contribution is 2.45. The predicted octanol–water partition coefficient (Wildman–Crippen LogP) is 4.21. The molecule has 0 heteroatoms. The first-order chi connectivity index (χ1) is 6.27. The summed E-state index contributed by atoms with van der Waals surface area (Å²) in [5.41, 5.74) is 0. The average molecular weight is 179 g/mol. The highest BCUT2D eigenvalue weighted by atomic mass is 14.4. The van der Waals surface area contributed by atoms with Crippen molar-refractivity contribution in [2.45, 2.75) is 58.8 Å². The molecule has 0 amide bonds. The van der Waals surface area contributed by atoms with Crippen LogP contribution in [-0.4, -0.2) is 0 Å². The highest BCUT2D eigenvalue weighted by Gasteiger charge is 2.32. The maximum atomic E-state index is 2.40. The van der Waals surface area contributed by atoms with E-state index in [2.05, 4.69) is 13.8 Å². The molecule has 0 aromatic rings. The SMILES string of the molecule is CC(C)[C](CC1CCC1)C1CCC1. The van der Waals surface area contributed by atoms with E-state index in [0.29, 0.717) is 0 Å². The second-order valence-electron chi connectivity index (χ2n) is 5.36. The molecule has 0 aliphatic heterocycles. The van der Waals surface area contributed by atoms with E-state index in [4.69, 9.17) is 0 Å². The fourth-order valence-corrected chi connectivity index (χ4v) is 2.68. The molecule has 0 atom stereocenters. The van der Waals surface area contributed by atoms with Crippen molar-refractivity contribution in [2.75, 3.05) is 0 Å². The lowest BCUT2D eigenvalue weighted by atomic mass is 9.66. The zero-order valence-electron chi connectivity index (χ0n) is 9.18. The molecular formula is C13H23. The van der Waals surface area contributed by atoms with Crippen LogP contribution >= 0.6 is 0 Å². The highest BCUT2D eigenvalue weighted by molar-refractivity contribution is 5.04. The first-order valence-electron chi connectivity index (χ1n) is 6.13. The predicted molar refractivity (Wildman–Crippen MR) is 57.4 cm³/mol. The Hall–Kier alpha value is 0. The van der Waals surface area contributed by atoms with E-state index in [1.165, 1.54) is 44.9 Å². The summed E-state index contributed by atoms with van der Waals surface area (Å²) in [5.74, 6) is 4.88. The third-order valence-corrected chi connectivity index (χ3v) is 4.12. The molecule has 2 aliphatic rings. The molecule has 0 nitrogen and oxygen atoms in total. The minimum Gasteiger partial charge on any atom is -0.0622 e. The third kappa shape index (κ3) is 2.08. The second-order valence-corrected chi connectivity index (χ2v) is 5.36. The van der Waals surface area contributed by atoms with Crippen LogP contribution in [0.1, 0.15) is 58.8 Å². The van der Waals surface area contributed by atoms with Crippen molar-refractivity contribution in [3.05, 3.63) is 5.92 Å². The van der Waals surface area contributed by atoms with Gasteiger partial charge in [0.1, 0.15) is 0 Å². The minimum atomic E-state index is 0.853. The van der Waals surface area contributed by atoms with Crippen LogP contribution < -0.4 is 0 Å². The summed E-state index contributed by atoms with van der Waals surface area (Å²) in [5, 5.41) is 0. The molecule has 0 spiro atoms. The molecule has 0 saturated heterocycles. The molecule has 0 unspecified atom stereocenters. The second kappa shape index (κ2) is 4.02. The van der Waals surface area contributed by atoms with E-state index in [9.17, 15) is 0 Å². The van der Waals surface area contributed by atoms with Crippen molar-refractivity contribution in [2.24, 2.45) is 17.8 Å². The largest absolute Gasteiger partial charge is 0.0622 e. The minimum absolute atomic E-state index is 0.853. The van der Waals surface area contributed by atoms with Crippen LogP contribution in [0.4, 0.5) is 0 Å². The van der Waals surface area contributed by atoms with Crippen LogP contribution in [0.15, 0.2) is 0 Å². The van der Waals surface area contributed by atoms with Crippen molar-refractivity contribution < 1.29 is 0 Å². The Balaban J connectivity index is 1.80. The van der Waals surface area contributed by atoms with Gasteiger partial charge >= 0.3 is 0 Å². The smallest absolute Gasteiger partial charge is 0.0182 e. The molecule has 13 heavy (non-hydrogen) atoms. The molecule has 0 aromatic carbocycles. The summed E-state index contributed by atoms with van der Waals surface area (Å²) in [7, 11) is 0. The van der Waals surface area contributed by atoms with Gasteiger partial charge in [0.05, 0.1) is 0 Å². The Morgan fingerprint density at radius 3 is 2.00 bits per heavy atom. The summed E-state index contributed by atoms with van der Waals surface area (Å²) in [6.07, 6.45) is 10.5. The van der Waals surface area contributed by atoms with E-state index in [1.807, 2.05) is 5.92 Å². The standard InChI is InChI=1S/C13H23/c1-10(2)13(12-7-4-8-12)9-11-5-3-6-11/h10-12H,3-9H2,1-2H3. The summed E-state index contributed by atoms with van der Waals surface area (Å²) in [6.45, 7) is 4.79. The summed E-state index contributed by atoms with van der Waals surface area (Å²) >= 11 is 0. The van der Waals surface area contributed by atoms with E-state index in [-0.39, 0.29) is 0 Å². The fourth-order valence-electron chi connectivity index (χ4n) is 2.68. The molecular weight excluding hydrogens is 156 g/mol. The van der Waals surface area contributed by atoms with Gasteiger partial charge in [0, 0.05) is 0 Å². The van der Waals surface area contributed by atoms with E-state index < -0.39 is 0 Å². The van der Waals surface area contributed by atoms with Crippen molar-refractivity contribution in [3.8, 4) is 0 Å². The van der Waals surface area contributed by atoms with Gasteiger partial charge in [-0.05, 0) is 42.9 Å². The molecule has 0 heterocycles. The summed E-state index contributed by atoms with van der Waals surface area (Å²) < 4.78 is 0. The van der Waals surface area contributed by atoms with Crippen LogP contribution in [-0.2, 0) is 0 Å². The molecule has 2 rings (SSSR count). The van der Waals surface area contributed by atoms with Crippen molar-refractivity contribution in [1.82, 2.24) is 0 Å². The zero-order chi connectivity index (χ0) is 9.26. The number of rotatable bonds is 4. The molecule has 0 bridgehead atoms. The molecule has 2 aliphatic carbocycles. The van der Waals surface area contributed by atoms with Gasteiger partial charge in [-0.1, -0.05) is 39.5 Å². The normalized spacial score (nSPS) is 24.9. The van der Waals surface area contributed by atoms with Gasteiger partial charge < -0.3 is 0 Å². The fraction of sp³-hybridized carbons (Fsp3) is 0.923. The lowest BCUT2D eigenvalue weighted by molar-refractivity contribution is 0.224. The summed E-state index contributed by atoms with van der Waals surface area (Å²) in [4.78, 5) is 0. The third-order valence-electron chi connectivity index (χ3n) is 4.12. The van der Waals surface area contributed by atoms with E-state index in [1.54, 1.807) is 0 Å². The van der Waals surface area contributed by atoms with Gasteiger partial charge in [-0.25, -0.2) is 0 Å². The van der Waals surface area contributed by atoms with Crippen LogP contribution in [0.25, 0.3) is 0 Å². The van der Waals surface area contributed by atoms with Gasteiger partial charge in [0.15, 0.2) is 0 Å². The van der Waals surface area contributed by atoms with Gasteiger partial charge in [-0.3, -0.25) is 0 Å². The lowest BCUT2D eigenvalue weighted by Gasteiger charge is -2.39. The van der Waals surface area contributed by atoms with Gasteiger partial charge in [0.25, 0.3) is 0 Å². The Bertz CT molecular complexity index is 151.